The topological polar surface area (TPSA) is 76.5 Å². The molecule has 29 heavy (non-hydrogen) atoms. The number of sulfonamides is 1. The number of carbonyl (C=O) groups excluding carboxylic acids is 2. The summed E-state index contributed by atoms with van der Waals surface area (Å²) < 4.78 is 65.3. The van der Waals surface area contributed by atoms with E-state index in [-0.39, 0.29) is 27.6 Å². The second-order valence-electron chi connectivity index (χ2n) is 6.75. The van der Waals surface area contributed by atoms with Gasteiger partial charge in [0.05, 0.1) is 11.4 Å². The van der Waals surface area contributed by atoms with Crippen LogP contribution in [0.1, 0.15) is 39.0 Å². The smallest absolute Gasteiger partial charge is 0.339 e. The van der Waals surface area contributed by atoms with Crippen LogP contribution < -0.4 is 0 Å². The normalized spacial score (nSPS) is 12.4. The fourth-order valence-corrected chi connectivity index (χ4v) is 4.05. The summed E-state index contributed by atoms with van der Waals surface area (Å²) in [7, 11) is -2.81. The van der Waals surface area contributed by atoms with E-state index in [0.29, 0.717) is 5.56 Å². The molecule has 0 N–H and O–H groups in total. The summed E-state index contributed by atoms with van der Waals surface area (Å²) in [5.41, 5.74) is 0.774. The lowest BCUT2D eigenvalue weighted by molar-refractivity contribution is -0.141. The third kappa shape index (κ3) is 5.13. The summed E-state index contributed by atoms with van der Waals surface area (Å²) in [6, 6.07) is 6.60. The number of ketones is 2. The molecular weight excluding hydrogens is 409 g/mol. The first-order chi connectivity index (χ1) is 13.2. The zero-order valence-electron chi connectivity index (χ0n) is 16.4. The van der Waals surface area contributed by atoms with Gasteiger partial charge < -0.3 is 4.57 Å². The first-order valence-corrected chi connectivity index (χ1v) is 10.0. The molecule has 0 radical (unpaired) electrons. The third-order valence-corrected chi connectivity index (χ3v) is 6.36. The Bertz CT molecular complexity index is 1040. The number of hydrogen-bond donors (Lipinski definition) is 0. The van der Waals surface area contributed by atoms with Crippen molar-refractivity contribution in [3.8, 4) is 0 Å². The average Bonchev–Trinajstić information content (AvgIpc) is 2.88. The number of Topliss-reactive ketones (excluding diaryl/α,β-unsaturated/α-hetero) is 2. The minimum absolute atomic E-state index is 0.0423. The van der Waals surface area contributed by atoms with Crippen molar-refractivity contribution < 1.29 is 31.2 Å². The van der Waals surface area contributed by atoms with Gasteiger partial charge in [0.1, 0.15) is 6.54 Å². The van der Waals surface area contributed by atoms with Crippen LogP contribution in [0, 0.1) is 13.8 Å². The van der Waals surface area contributed by atoms with Gasteiger partial charge in [-0.15, -0.1) is 0 Å². The third-order valence-electron chi connectivity index (χ3n) is 4.55. The van der Waals surface area contributed by atoms with E-state index in [4.69, 9.17) is 0 Å². The fraction of sp³-hybridized carbons (Fsp3) is 0.368. The molecule has 6 nitrogen and oxygen atoms in total. The summed E-state index contributed by atoms with van der Waals surface area (Å²) >= 11 is 0. The van der Waals surface area contributed by atoms with Crippen molar-refractivity contribution >= 4 is 21.6 Å². The van der Waals surface area contributed by atoms with Gasteiger partial charge in [0.25, 0.3) is 0 Å². The number of hydrogen-bond acceptors (Lipinski definition) is 4. The Hall–Kier alpha value is -2.46. The highest BCUT2D eigenvalue weighted by molar-refractivity contribution is 7.89. The highest BCUT2D eigenvalue weighted by Crippen LogP contribution is 2.24. The number of benzene rings is 1. The molecule has 0 spiro atoms. The minimum atomic E-state index is -4.44. The Balaban J connectivity index is 2.24. The fourth-order valence-electron chi connectivity index (χ4n) is 2.92. The van der Waals surface area contributed by atoms with Crippen molar-refractivity contribution in [3.63, 3.8) is 0 Å². The van der Waals surface area contributed by atoms with E-state index in [1.54, 1.807) is 0 Å². The number of halogens is 3. The predicted molar refractivity (Wildman–Crippen MR) is 101 cm³/mol. The van der Waals surface area contributed by atoms with Crippen LogP contribution in [0.4, 0.5) is 13.2 Å². The number of aromatic nitrogens is 1. The Labute approximate surface area is 167 Å². The maximum absolute atomic E-state index is 12.7. The Kier molecular flexibility index (Phi) is 6.39. The molecule has 0 aliphatic heterocycles. The number of carbonyl (C=O) groups is 2. The number of rotatable bonds is 7. The van der Waals surface area contributed by atoms with E-state index in [1.807, 2.05) is 0 Å². The number of alkyl halides is 3. The molecule has 2 aromatic rings. The van der Waals surface area contributed by atoms with E-state index in [1.165, 1.54) is 58.2 Å². The van der Waals surface area contributed by atoms with Crippen LogP contribution in [-0.4, -0.2) is 48.6 Å². The van der Waals surface area contributed by atoms with Crippen molar-refractivity contribution in [1.29, 1.82) is 0 Å². The van der Waals surface area contributed by atoms with Gasteiger partial charge in [0.2, 0.25) is 10.0 Å². The van der Waals surface area contributed by atoms with Gasteiger partial charge in [0, 0.05) is 29.6 Å². The standard InChI is InChI=1S/C19H21F3N2O4S/c1-12-9-17(13(2)24(12)11-19(20,21)22)18(26)10-23(4)29(27,28)16-7-5-15(6-8-16)14(3)25/h5-9H,10-11H2,1-4H3. The van der Waals surface area contributed by atoms with Crippen molar-refractivity contribution in [2.45, 2.75) is 38.4 Å². The largest absolute Gasteiger partial charge is 0.406 e. The van der Waals surface area contributed by atoms with Gasteiger partial charge in [-0.2, -0.15) is 17.5 Å². The van der Waals surface area contributed by atoms with Crippen LogP contribution >= 0.6 is 0 Å². The molecule has 0 bridgehead atoms. The Morgan fingerprint density at radius 2 is 1.66 bits per heavy atom. The maximum atomic E-state index is 12.7. The van der Waals surface area contributed by atoms with Crippen LogP contribution in [0.15, 0.2) is 35.2 Å². The molecule has 10 heteroatoms. The summed E-state index contributed by atoms with van der Waals surface area (Å²) in [4.78, 5) is 23.8. The van der Waals surface area contributed by atoms with Crippen LogP contribution in [0.3, 0.4) is 0 Å². The molecular formula is C19H21F3N2O4S. The lowest BCUT2D eigenvalue weighted by Gasteiger charge is -2.17. The van der Waals surface area contributed by atoms with Gasteiger partial charge in [-0.3, -0.25) is 9.59 Å². The van der Waals surface area contributed by atoms with Crippen molar-refractivity contribution in [2.75, 3.05) is 13.6 Å². The van der Waals surface area contributed by atoms with Crippen LogP contribution in [0.25, 0.3) is 0 Å². The van der Waals surface area contributed by atoms with Gasteiger partial charge in [-0.1, -0.05) is 12.1 Å². The molecule has 0 fully saturated rings. The van der Waals surface area contributed by atoms with Crippen LogP contribution in [-0.2, 0) is 16.6 Å². The highest BCUT2D eigenvalue weighted by Gasteiger charge is 2.31. The van der Waals surface area contributed by atoms with Crippen molar-refractivity contribution in [1.82, 2.24) is 8.87 Å². The summed E-state index contributed by atoms with van der Waals surface area (Å²) in [6.45, 7) is 2.43. The quantitative estimate of drug-likeness (QED) is 0.631. The molecule has 0 unspecified atom stereocenters. The molecule has 2 rings (SSSR count). The van der Waals surface area contributed by atoms with E-state index < -0.39 is 35.1 Å². The first kappa shape index (κ1) is 22.8. The van der Waals surface area contributed by atoms with Gasteiger partial charge in [-0.05, 0) is 39.0 Å². The van der Waals surface area contributed by atoms with E-state index in [9.17, 15) is 31.2 Å². The maximum Gasteiger partial charge on any atom is 0.406 e. The molecule has 0 saturated heterocycles. The summed E-state index contributed by atoms with van der Waals surface area (Å²) in [6.07, 6.45) is -4.44. The second kappa shape index (κ2) is 8.11. The number of nitrogens with zero attached hydrogens (tertiary/aromatic N) is 2. The second-order valence-corrected chi connectivity index (χ2v) is 8.80. The van der Waals surface area contributed by atoms with E-state index >= 15 is 0 Å². The molecule has 1 aromatic heterocycles. The molecule has 0 saturated carbocycles. The Morgan fingerprint density at radius 1 is 1.10 bits per heavy atom. The molecule has 0 amide bonds. The SMILES string of the molecule is CC(=O)c1ccc(S(=O)(=O)N(C)CC(=O)c2cc(C)n(CC(F)(F)F)c2C)cc1. The van der Waals surface area contributed by atoms with Crippen molar-refractivity contribution in [3.05, 3.63) is 52.8 Å². The van der Waals surface area contributed by atoms with Crippen molar-refractivity contribution in [2.24, 2.45) is 0 Å². The summed E-state index contributed by atoms with van der Waals surface area (Å²) in [5.74, 6) is -0.829. The van der Waals surface area contributed by atoms with Gasteiger partial charge >= 0.3 is 6.18 Å². The number of likely N-dealkylation sites (N-methyl/N-ethyl adjacent to an activating group) is 1. The lowest BCUT2D eigenvalue weighted by atomic mass is 10.1. The molecule has 1 heterocycles. The first-order valence-electron chi connectivity index (χ1n) is 8.58. The molecule has 158 valence electrons. The van der Waals surface area contributed by atoms with E-state index in [2.05, 4.69) is 0 Å². The van der Waals surface area contributed by atoms with Gasteiger partial charge in [0.15, 0.2) is 11.6 Å². The van der Waals surface area contributed by atoms with Crippen LogP contribution in [0.5, 0.6) is 0 Å². The zero-order chi connectivity index (χ0) is 22.1. The van der Waals surface area contributed by atoms with Crippen LogP contribution in [0.2, 0.25) is 0 Å². The zero-order valence-corrected chi connectivity index (χ0v) is 17.2. The molecule has 0 aliphatic rings. The lowest BCUT2D eigenvalue weighted by Crippen LogP contribution is -2.32. The van der Waals surface area contributed by atoms with Gasteiger partial charge in [-0.25, -0.2) is 8.42 Å². The highest BCUT2D eigenvalue weighted by atomic mass is 32.2. The Morgan fingerprint density at radius 3 is 2.14 bits per heavy atom. The van der Waals surface area contributed by atoms with E-state index in [0.717, 1.165) is 8.87 Å². The number of aryl methyl sites for hydroxylation is 1. The summed E-state index contributed by atoms with van der Waals surface area (Å²) in [5, 5.41) is 0. The molecule has 0 atom stereocenters. The predicted octanol–water partition coefficient (Wildman–Crippen LogP) is 3.37. The minimum Gasteiger partial charge on any atom is -0.339 e. The average molecular weight is 430 g/mol. The monoisotopic (exact) mass is 430 g/mol. The molecule has 0 aliphatic carbocycles. The molecule has 1 aromatic carbocycles.